The van der Waals surface area contributed by atoms with Crippen LogP contribution >= 0.6 is 0 Å². The average molecular weight is 492 g/mol. The summed E-state index contributed by atoms with van der Waals surface area (Å²) >= 11 is 0. The number of nitroso groups, excluding NO2 is 1. The van der Waals surface area contributed by atoms with Gasteiger partial charge in [-0.3, -0.25) is 5.32 Å². The number of oxime groups is 1. The van der Waals surface area contributed by atoms with Crippen LogP contribution in [0.3, 0.4) is 0 Å². The molecule has 3 rings (SSSR count). The Kier molecular flexibility index (Phi) is 8.26. The number of phenols is 1. The Bertz CT molecular complexity index is 1250. The second-order valence-electron chi connectivity index (χ2n) is 8.98. The topological polar surface area (TPSA) is 119 Å². The van der Waals surface area contributed by atoms with E-state index in [2.05, 4.69) is 15.6 Å². The number of amides is 1. The van der Waals surface area contributed by atoms with Crippen molar-refractivity contribution < 1.29 is 24.2 Å². The summed E-state index contributed by atoms with van der Waals surface area (Å²) in [5.41, 5.74) is 3.87. The van der Waals surface area contributed by atoms with E-state index in [0.29, 0.717) is 28.4 Å². The number of phenolic OH excluding ortho intramolecular Hbond substituents is 1. The Morgan fingerprint density at radius 2 is 1.69 bits per heavy atom. The molecule has 3 aromatic rings. The van der Waals surface area contributed by atoms with Gasteiger partial charge in [0.1, 0.15) is 17.9 Å². The molecule has 0 heterocycles. The molecule has 0 aliphatic heterocycles. The predicted octanol–water partition coefficient (Wildman–Crippen LogP) is 6.75. The van der Waals surface area contributed by atoms with E-state index in [4.69, 9.17) is 14.3 Å². The van der Waals surface area contributed by atoms with Crippen LogP contribution in [0.25, 0.3) is 11.1 Å². The molecule has 0 aromatic heterocycles. The molecule has 9 nitrogen and oxygen atoms in total. The number of ether oxygens (including phenoxy) is 2. The van der Waals surface area contributed by atoms with E-state index in [1.807, 2.05) is 12.1 Å². The first-order valence-corrected chi connectivity index (χ1v) is 11.2. The quantitative estimate of drug-likeness (QED) is 0.204. The van der Waals surface area contributed by atoms with E-state index < -0.39 is 11.7 Å². The zero-order chi connectivity index (χ0) is 26.3. The van der Waals surface area contributed by atoms with E-state index in [0.717, 1.165) is 16.7 Å². The van der Waals surface area contributed by atoms with Crippen LogP contribution in [0.2, 0.25) is 0 Å². The summed E-state index contributed by atoms with van der Waals surface area (Å²) in [7, 11) is 1.47. The number of anilines is 1. The van der Waals surface area contributed by atoms with Gasteiger partial charge in [-0.05, 0) is 86.0 Å². The second-order valence-corrected chi connectivity index (χ2v) is 8.98. The lowest BCUT2D eigenvalue weighted by atomic mass is 9.96. The fourth-order valence-electron chi connectivity index (χ4n) is 3.33. The molecule has 188 valence electrons. The van der Waals surface area contributed by atoms with E-state index in [-0.39, 0.29) is 12.4 Å². The lowest BCUT2D eigenvalue weighted by Crippen LogP contribution is -2.27. The van der Waals surface area contributed by atoms with Gasteiger partial charge >= 0.3 is 6.09 Å². The number of methoxy groups -OCH3 is 1. The summed E-state index contributed by atoms with van der Waals surface area (Å²) in [6.07, 6.45) is -0.542. The van der Waals surface area contributed by atoms with Crippen molar-refractivity contribution in [2.45, 2.75) is 39.9 Å². The van der Waals surface area contributed by atoms with Crippen LogP contribution in [0.4, 0.5) is 16.2 Å². The van der Waals surface area contributed by atoms with Crippen molar-refractivity contribution in [3.63, 3.8) is 0 Å². The maximum Gasteiger partial charge on any atom is 0.412 e. The third-order valence-corrected chi connectivity index (χ3v) is 5.02. The average Bonchev–Trinajstić information content (AvgIpc) is 2.83. The van der Waals surface area contributed by atoms with Crippen LogP contribution < -0.4 is 10.1 Å². The molecule has 36 heavy (non-hydrogen) atoms. The van der Waals surface area contributed by atoms with Gasteiger partial charge in [-0.2, -0.15) is 0 Å². The number of nitrogens with zero attached hydrogens (tertiary/aromatic N) is 2. The van der Waals surface area contributed by atoms with Crippen LogP contribution in [0.15, 0.2) is 71.0 Å². The van der Waals surface area contributed by atoms with Gasteiger partial charge < -0.3 is 19.4 Å². The molecule has 0 spiro atoms. The van der Waals surface area contributed by atoms with Crippen LogP contribution in [-0.4, -0.2) is 29.6 Å². The molecule has 1 amide bonds. The van der Waals surface area contributed by atoms with Crippen molar-refractivity contribution in [3.05, 3.63) is 76.7 Å². The third kappa shape index (κ3) is 7.05. The molecular weight excluding hydrogens is 462 g/mol. The van der Waals surface area contributed by atoms with Gasteiger partial charge in [0.2, 0.25) is 0 Å². The van der Waals surface area contributed by atoms with Crippen LogP contribution in [0.1, 0.15) is 38.8 Å². The third-order valence-electron chi connectivity index (χ3n) is 5.02. The monoisotopic (exact) mass is 491 g/mol. The summed E-state index contributed by atoms with van der Waals surface area (Å²) < 4.78 is 10.6. The molecule has 0 aliphatic carbocycles. The first-order chi connectivity index (χ1) is 17.1. The number of hydrogen-bond donors (Lipinski definition) is 2. The van der Waals surface area contributed by atoms with Crippen LogP contribution in [0, 0.1) is 4.91 Å². The van der Waals surface area contributed by atoms with Gasteiger partial charge in [0, 0.05) is 11.3 Å². The molecule has 0 radical (unpaired) electrons. The Morgan fingerprint density at radius 3 is 2.28 bits per heavy atom. The minimum atomic E-state index is -0.601. The van der Waals surface area contributed by atoms with E-state index in [1.165, 1.54) is 7.11 Å². The molecule has 3 aromatic carbocycles. The number of nitrogens with one attached hydrogen (secondary N) is 1. The standard InChI is InChI=1S/C27H29N3O6/c1-17(30-35-16-18-6-10-21(29-33)11-7-18)22-14-24(31)25(34-5)15-23(22)19-8-12-20(13-9-19)28-26(32)36-27(2,3)4/h6-15,31H,16H2,1-5H3,(H,28,32)/b30-17+. The molecule has 0 aliphatic rings. The minimum Gasteiger partial charge on any atom is -0.504 e. The summed E-state index contributed by atoms with van der Waals surface area (Å²) in [6, 6.07) is 17.1. The second kappa shape index (κ2) is 11.4. The van der Waals surface area contributed by atoms with Gasteiger partial charge in [0.15, 0.2) is 11.5 Å². The van der Waals surface area contributed by atoms with Gasteiger partial charge in [0.05, 0.1) is 12.8 Å². The van der Waals surface area contributed by atoms with Gasteiger partial charge in [-0.15, -0.1) is 4.91 Å². The molecule has 9 heteroatoms. The van der Waals surface area contributed by atoms with E-state index in [9.17, 15) is 14.8 Å². The SMILES string of the molecule is COc1cc(-c2ccc(NC(=O)OC(C)(C)C)cc2)c(/C(C)=N/OCc2ccc(N=O)cc2)cc1O. The number of aromatic hydroxyl groups is 1. The maximum atomic E-state index is 12.1. The van der Waals surface area contributed by atoms with E-state index in [1.54, 1.807) is 76.2 Å². The van der Waals surface area contributed by atoms with Gasteiger partial charge in [0.25, 0.3) is 0 Å². The summed E-state index contributed by atoms with van der Waals surface area (Å²) in [6.45, 7) is 7.35. The highest BCUT2D eigenvalue weighted by Crippen LogP contribution is 2.36. The fourth-order valence-corrected chi connectivity index (χ4v) is 3.33. The summed E-state index contributed by atoms with van der Waals surface area (Å²) in [5, 5.41) is 20.2. The Balaban J connectivity index is 1.83. The summed E-state index contributed by atoms with van der Waals surface area (Å²) in [5.74, 6) is 0.272. The molecule has 0 fully saturated rings. The number of benzene rings is 3. The number of carbonyl (C=O) groups excluding carboxylic acids is 1. The lowest BCUT2D eigenvalue weighted by Gasteiger charge is -2.19. The van der Waals surface area contributed by atoms with Crippen molar-refractivity contribution >= 4 is 23.2 Å². The predicted molar refractivity (Wildman–Crippen MR) is 139 cm³/mol. The Hall–Kier alpha value is -4.40. The molecule has 0 saturated heterocycles. The number of hydrogen-bond acceptors (Lipinski definition) is 8. The number of carbonyl (C=O) groups is 1. The van der Waals surface area contributed by atoms with Crippen molar-refractivity contribution in [3.8, 4) is 22.6 Å². The highest BCUT2D eigenvalue weighted by molar-refractivity contribution is 6.05. The summed E-state index contributed by atoms with van der Waals surface area (Å²) in [4.78, 5) is 28.1. The van der Waals surface area contributed by atoms with Crippen LogP contribution in [-0.2, 0) is 16.2 Å². The Morgan fingerprint density at radius 1 is 1.03 bits per heavy atom. The highest BCUT2D eigenvalue weighted by atomic mass is 16.6. The van der Waals surface area contributed by atoms with Crippen molar-refractivity contribution in [2.24, 2.45) is 10.3 Å². The zero-order valence-electron chi connectivity index (χ0n) is 20.9. The normalized spacial score (nSPS) is 11.5. The molecule has 0 unspecified atom stereocenters. The van der Waals surface area contributed by atoms with Gasteiger partial charge in [-0.25, -0.2) is 4.79 Å². The molecule has 0 atom stereocenters. The fraction of sp³-hybridized carbons (Fsp3) is 0.259. The minimum absolute atomic E-state index is 0.0361. The number of rotatable bonds is 8. The molecular formula is C27H29N3O6. The zero-order valence-corrected chi connectivity index (χ0v) is 20.9. The highest BCUT2D eigenvalue weighted by Gasteiger charge is 2.17. The van der Waals surface area contributed by atoms with Crippen molar-refractivity contribution in [2.75, 3.05) is 12.4 Å². The van der Waals surface area contributed by atoms with E-state index >= 15 is 0 Å². The first-order valence-electron chi connectivity index (χ1n) is 11.2. The first kappa shape index (κ1) is 26.2. The van der Waals surface area contributed by atoms with Gasteiger partial charge in [-0.1, -0.05) is 29.4 Å². The molecule has 0 saturated carbocycles. The molecule has 2 N–H and O–H groups in total. The lowest BCUT2D eigenvalue weighted by molar-refractivity contribution is 0.0636. The van der Waals surface area contributed by atoms with Crippen molar-refractivity contribution in [1.29, 1.82) is 0 Å². The Labute approximate surface area is 209 Å². The van der Waals surface area contributed by atoms with Crippen LogP contribution in [0.5, 0.6) is 11.5 Å². The largest absolute Gasteiger partial charge is 0.504 e. The van der Waals surface area contributed by atoms with Crippen molar-refractivity contribution in [1.82, 2.24) is 0 Å². The molecule has 0 bridgehead atoms. The maximum absolute atomic E-state index is 12.1. The smallest absolute Gasteiger partial charge is 0.412 e.